The Kier molecular flexibility index (Phi) is 6.25. The Bertz CT molecular complexity index is 874. The predicted molar refractivity (Wildman–Crippen MR) is 113 cm³/mol. The lowest BCUT2D eigenvalue weighted by Crippen LogP contribution is -2.16. The van der Waals surface area contributed by atoms with Crippen molar-refractivity contribution in [1.82, 2.24) is 0 Å². The smallest absolute Gasteiger partial charge is 0.418 e. The topological polar surface area (TPSA) is 0 Å². The quantitative estimate of drug-likeness (QED) is 0.254. The summed E-state index contributed by atoms with van der Waals surface area (Å²) in [6.45, 7) is 0. The molecule has 3 aromatic rings. The van der Waals surface area contributed by atoms with Crippen molar-refractivity contribution in [2.24, 2.45) is 0 Å². The highest BCUT2D eigenvalue weighted by molar-refractivity contribution is 7.19. The van der Waals surface area contributed by atoms with Crippen LogP contribution in [-0.4, -0.2) is 7.25 Å². The van der Waals surface area contributed by atoms with E-state index in [4.69, 9.17) is 0 Å². The number of rotatable bonds is 4. The van der Waals surface area contributed by atoms with Crippen molar-refractivity contribution < 1.29 is 17.3 Å². The van der Waals surface area contributed by atoms with Crippen molar-refractivity contribution in [3.05, 3.63) is 95.6 Å². The molecule has 1 aliphatic rings. The van der Waals surface area contributed by atoms with Gasteiger partial charge >= 0.3 is 7.25 Å². The fraction of sp³-hybridized carbons (Fsp3) is 0.182. The van der Waals surface area contributed by atoms with Crippen molar-refractivity contribution in [1.29, 1.82) is 0 Å². The fourth-order valence-electron chi connectivity index (χ4n) is 3.92. The average Bonchev–Trinajstić information content (AvgIpc) is 2.92. The molecule has 0 saturated heterocycles. The minimum atomic E-state index is -6.00. The summed E-state index contributed by atoms with van der Waals surface area (Å²) in [6.07, 6.45) is 3.58. The maximum Gasteiger partial charge on any atom is 0.673 e. The second-order valence-electron chi connectivity index (χ2n) is 7.01. The summed E-state index contributed by atoms with van der Waals surface area (Å²) in [5.41, 5.74) is 7.31. The summed E-state index contributed by atoms with van der Waals surface area (Å²) in [5, 5.41) is 0.169. The Hall–Kier alpha value is -2.13. The molecular formula is C22H22BF4P. The van der Waals surface area contributed by atoms with Crippen molar-refractivity contribution in [2.75, 3.05) is 0 Å². The lowest BCUT2D eigenvalue weighted by Gasteiger charge is -2.22. The summed E-state index contributed by atoms with van der Waals surface area (Å²) >= 11 is 0. The number of hydrogen-bond donors (Lipinski definition) is 0. The average molecular weight is 404 g/mol. The van der Waals surface area contributed by atoms with E-state index in [0.29, 0.717) is 0 Å². The number of hydrogen-bond acceptors (Lipinski definition) is 0. The van der Waals surface area contributed by atoms with Crippen LogP contribution in [0, 0.1) is 0 Å². The largest absolute Gasteiger partial charge is 0.673 e. The van der Waals surface area contributed by atoms with Gasteiger partial charge in [-0.2, -0.15) is 0 Å². The molecule has 0 nitrogen and oxygen atoms in total. The van der Waals surface area contributed by atoms with Crippen molar-refractivity contribution in [2.45, 2.75) is 24.4 Å². The molecule has 0 fully saturated rings. The van der Waals surface area contributed by atoms with E-state index in [1.54, 1.807) is 0 Å². The summed E-state index contributed by atoms with van der Waals surface area (Å²) in [7, 11) is -3.83. The van der Waals surface area contributed by atoms with E-state index in [1.165, 1.54) is 40.7 Å². The van der Waals surface area contributed by atoms with Crippen LogP contribution in [0.3, 0.4) is 0 Å². The van der Waals surface area contributed by atoms with Gasteiger partial charge in [0, 0.05) is 11.1 Å². The van der Waals surface area contributed by atoms with E-state index in [2.05, 4.69) is 88.1 Å². The Balaban J connectivity index is 0.000000403. The molecule has 0 amide bonds. The SMILES string of the molecule is F[B-](F)(F)F.[PH3+]C1(CCCc2ccccc2)c2ccccc2-c2ccccc21. The molecule has 3 aromatic carbocycles. The van der Waals surface area contributed by atoms with Gasteiger partial charge in [-0.05, 0) is 45.2 Å². The third-order valence-corrected chi connectivity index (χ3v) is 6.20. The lowest BCUT2D eigenvalue weighted by atomic mass is 9.89. The van der Waals surface area contributed by atoms with Gasteiger partial charge in [-0.1, -0.05) is 78.9 Å². The first-order valence-corrected chi connectivity index (χ1v) is 9.96. The van der Waals surface area contributed by atoms with Crippen LogP contribution in [0.2, 0.25) is 0 Å². The van der Waals surface area contributed by atoms with Crippen LogP contribution < -0.4 is 0 Å². The van der Waals surface area contributed by atoms with E-state index in [9.17, 15) is 17.3 Å². The van der Waals surface area contributed by atoms with Gasteiger partial charge in [-0.15, -0.1) is 0 Å². The molecular weight excluding hydrogens is 382 g/mol. The van der Waals surface area contributed by atoms with E-state index in [1.807, 2.05) is 0 Å². The molecule has 0 aliphatic heterocycles. The summed E-state index contributed by atoms with van der Waals surface area (Å²) in [5.74, 6) is 0. The van der Waals surface area contributed by atoms with Gasteiger partial charge in [-0.3, -0.25) is 0 Å². The monoisotopic (exact) mass is 404 g/mol. The van der Waals surface area contributed by atoms with Crippen LogP contribution in [0.4, 0.5) is 17.3 Å². The summed E-state index contributed by atoms with van der Waals surface area (Å²) in [4.78, 5) is 0. The third-order valence-electron chi connectivity index (χ3n) is 5.09. The first kappa shape index (κ1) is 20.6. The Morgan fingerprint density at radius 1 is 0.679 bits per heavy atom. The van der Waals surface area contributed by atoms with E-state index in [0.717, 1.165) is 6.42 Å². The van der Waals surface area contributed by atoms with Crippen LogP contribution >= 0.6 is 9.24 Å². The molecule has 0 N–H and O–H groups in total. The normalized spacial score (nSPS) is 14.0. The molecule has 0 aromatic heterocycles. The molecule has 0 spiro atoms. The van der Waals surface area contributed by atoms with Crippen LogP contribution in [0.15, 0.2) is 78.9 Å². The molecule has 0 radical (unpaired) electrons. The summed E-state index contributed by atoms with van der Waals surface area (Å²) in [6, 6.07) is 28.7. The molecule has 28 heavy (non-hydrogen) atoms. The van der Waals surface area contributed by atoms with Crippen LogP contribution in [0.1, 0.15) is 29.5 Å². The second-order valence-corrected chi connectivity index (χ2v) is 8.21. The second kappa shape index (κ2) is 8.49. The van der Waals surface area contributed by atoms with Crippen LogP contribution in [-0.2, 0) is 11.6 Å². The number of fused-ring (bicyclic) bond motifs is 3. The summed E-state index contributed by atoms with van der Waals surface area (Å²) < 4.78 is 39.0. The molecule has 0 heterocycles. The third kappa shape index (κ3) is 4.83. The van der Waals surface area contributed by atoms with Crippen LogP contribution in [0.25, 0.3) is 11.1 Å². The molecule has 4 rings (SSSR count). The molecule has 1 unspecified atom stereocenters. The highest BCUT2D eigenvalue weighted by Gasteiger charge is 2.42. The maximum atomic E-state index is 9.75. The van der Waals surface area contributed by atoms with Crippen LogP contribution in [0.5, 0.6) is 0 Å². The van der Waals surface area contributed by atoms with Crippen molar-refractivity contribution >= 4 is 16.5 Å². The molecule has 0 saturated carbocycles. The van der Waals surface area contributed by atoms with Crippen molar-refractivity contribution in [3.8, 4) is 11.1 Å². The van der Waals surface area contributed by atoms with E-state index in [-0.39, 0.29) is 5.16 Å². The Morgan fingerprint density at radius 3 is 1.61 bits per heavy atom. The first-order chi connectivity index (χ1) is 13.3. The predicted octanol–water partition coefficient (Wildman–Crippen LogP) is 6.84. The molecule has 1 aliphatic carbocycles. The number of benzene rings is 3. The zero-order valence-electron chi connectivity index (χ0n) is 15.4. The molecule has 146 valence electrons. The molecule has 6 heteroatoms. The highest BCUT2D eigenvalue weighted by atomic mass is 31.0. The highest BCUT2D eigenvalue weighted by Crippen LogP contribution is 2.55. The maximum absolute atomic E-state index is 9.75. The zero-order valence-corrected chi connectivity index (χ0v) is 16.8. The van der Waals surface area contributed by atoms with Gasteiger partial charge in [0.1, 0.15) is 5.16 Å². The number of aryl methyl sites for hydroxylation is 1. The lowest BCUT2D eigenvalue weighted by molar-refractivity contribution is 0.368. The molecule has 0 bridgehead atoms. The van der Waals surface area contributed by atoms with E-state index >= 15 is 0 Å². The Morgan fingerprint density at radius 2 is 1.11 bits per heavy atom. The minimum absolute atomic E-state index is 0.169. The van der Waals surface area contributed by atoms with Gasteiger partial charge in [0.25, 0.3) is 0 Å². The standard InChI is InChI=1S/C22H21P.BF4/c23-22(16-8-11-17-9-2-1-3-10-17)20-14-6-4-12-18(20)19-13-5-7-15-21(19)22;2-1(3,4)5/h1-7,9-10,12-15H,8,11,16,23H2;/q;-1/p+1. The van der Waals surface area contributed by atoms with E-state index < -0.39 is 7.25 Å². The van der Waals surface area contributed by atoms with Gasteiger partial charge in [0.15, 0.2) is 0 Å². The zero-order chi connectivity index (χ0) is 20.2. The molecule has 1 atom stereocenters. The number of halogens is 4. The first-order valence-electron chi connectivity index (χ1n) is 9.25. The van der Waals surface area contributed by atoms with Gasteiger partial charge in [0.2, 0.25) is 0 Å². The Labute approximate surface area is 165 Å². The van der Waals surface area contributed by atoms with Gasteiger partial charge in [-0.25, -0.2) is 0 Å². The fourth-order valence-corrected chi connectivity index (χ4v) is 4.79. The minimum Gasteiger partial charge on any atom is -0.418 e. The van der Waals surface area contributed by atoms with Gasteiger partial charge < -0.3 is 17.3 Å². The van der Waals surface area contributed by atoms with Gasteiger partial charge in [0.05, 0.1) is 0 Å². The van der Waals surface area contributed by atoms with Crippen molar-refractivity contribution in [3.63, 3.8) is 0 Å².